The minimum absolute atomic E-state index is 0.132. The molecule has 0 aromatic heterocycles. The van der Waals surface area contributed by atoms with Gasteiger partial charge in [0, 0.05) is 5.57 Å². The average Bonchev–Trinajstić information content (AvgIpc) is 2.12. The van der Waals surface area contributed by atoms with Gasteiger partial charge in [-0.15, -0.1) is 6.58 Å². The fourth-order valence-electron chi connectivity index (χ4n) is 1.27. The van der Waals surface area contributed by atoms with Crippen molar-refractivity contribution in [3.8, 4) is 0 Å². The van der Waals surface area contributed by atoms with Crippen molar-refractivity contribution in [2.75, 3.05) is 13.1 Å². The maximum atomic E-state index is 10.9. The van der Waals surface area contributed by atoms with E-state index in [1.54, 1.807) is 6.08 Å². The van der Waals surface area contributed by atoms with Gasteiger partial charge in [-0.1, -0.05) is 26.5 Å². The number of carbonyl (C=O) groups excluding carboxylic acids is 1. The topological polar surface area (TPSA) is 46.3 Å². The predicted molar refractivity (Wildman–Crippen MR) is 55.2 cm³/mol. The largest absolute Gasteiger partial charge is 0.366 e. The van der Waals surface area contributed by atoms with Gasteiger partial charge in [-0.2, -0.15) is 0 Å². The number of carbonyl (C=O) groups is 1. The molecule has 0 aliphatic heterocycles. The van der Waals surface area contributed by atoms with Crippen molar-refractivity contribution < 1.29 is 4.79 Å². The molecular weight excluding hydrogens is 164 g/mol. The van der Waals surface area contributed by atoms with E-state index in [2.05, 4.69) is 18.1 Å². The third kappa shape index (κ3) is 3.03. The van der Waals surface area contributed by atoms with Gasteiger partial charge in [0.1, 0.15) is 0 Å². The SMILES string of the molecule is C=CC(C(=C)C(N)=O)N(CC)CC. The van der Waals surface area contributed by atoms with Crippen LogP contribution < -0.4 is 5.73 Å². The van der Waals surface area contributed by atoms with Crippen LogP contribution in [0.5, 0.6) is 0 Å². The van der Waals surface area contributed by atoms with Crippen LogP contribution in [0, 0.1) is 0 Å². The summed E-state index contributed by atoms with van der Waals surface area (Å²) in [5.74, 6) is -0.461. The summed E-state index contributed by atoms with van der Waals surface area (Å²) in [6.45, 7) is 13.1. The minimum atomic E-state index is -0.461. The molecule has 2 N–H and O–H groups in total. The first-order valence-electron chi connectivity index (χ1n) is 4.43. The van der Waals surface area contributed by atoms with E-state index in [4.69, 9.17) is 5.73 Å². The molecule has 1 amide bonds. The van der Waals surface area contributed by atoms with Crippen LogP contribution in [0.3, 0.4) is 0 Å². The van der Waals surface area contributed by atoms with Crippen molar-refractivity contribution >= 4 is 5.91 Å². The van der Waals surface area contributed by atoms with Gasteiger partial charge in [-0.25, -0.2) is 0 Å². The van der Waals surface area contributed by atoms with Gasteiger partial charge < -0.3 is 5.73 Å². The van der Waals surface area contributed by atoms with Gasteiger partial charge in [-0.05, 0) is 13.1 Å². The van der Waals surface area contributed by atoms with E-state index in [9.17, 15) is 4.79 Å². The van der Waals surface area contributed by atoms with Gasteiger partial charge in [-0.3, -0.25) is 9.69 Å². The molecular formula is C10H18N2O. The quantitative estimate of drug-likeness (QED) is 0.490. The molecule has 1 unspecified atom stereocenters. The van der Waals surface area contributed by atoms with Gasteiger partial charge in [0.05, 0.1) is 6.04 Å². The number of rotatable bonds is 6. The number of likely N-dealkylation sites (N-methyl/N-ethyl adjacent to an activating group) is 1. The predicted octanol–water partition coefficient (Wildman–Crippen LogP) is 0.924. The molecule has 0 aromatic carbocycles. The number of hydrogen-bond acceptors (Lipinski definition) is 2. The Hall–Kier alpha value is -1.09. The number of primary amides is 1. The van der Waals surface area contributed by atoms with Crippen LogP contribution in [0.1, 0.15) is 13.8 Å². The summed E-state index contributed by atoms with van der Waals surface area (Å²) in [5, 5.41) is 0. The average molecular weight is 182 g/mol. The van der Waals surface area contributed by atoms with Crippen LogP contribution in [0.25, 0.3) is 0 Å². The first-order valence-corrected chi connectivity index (χ1v) is 4.43. The fourth-order valence-corrected chi connectivity index (χ4v) is 1.27. The van der Waals surface area contributed by atoms with E-state index in [1.165, 1.54) is 0 Å². The minimum Gasteiger partial charge on any atom is -0.366 e. The van der Waals surface area contributed by atoms with E-state index in [-0.39, 0.29) is 6.04 Å². The second kappa shape index (κ2) is 5.54. The second-order valence-corrected chi connectivity index (χ2v) is 2.79. The molecule has 0 saturated heterocycles. The summed E-state index contributed by atoms with van der Waals surface area (Å²) >= 11 is 0. The maximum absolute atomic E-state index is 10.9. The van der Waals surface area contributed by atoms with E-state index in [1.807, 2.05) is 13.8 Å². The number of nitrogens with two attached hydrogens (primary N) is 1. The molecule has 3 heteroatoms. The van der Waals surface area contributed by atoms with Crippen molar-refractivity contribution in [2.24, 2.45) is 5.73 Å². The second-order valence-electron chi connectivity index (χ2n) is 2.79. The van der Waals surface area contributed by atoms with Gasteiger partial charge in [0.2, 0.25) is 5.91 Å². The van der Waals surface area contributed by atoms with Gasteiger partial charge in [0.15, 0.2) is 0 Å². The Morgan fingerprint density at radius 3 is 2.23 bits per heavy atom. The molecule has 0 bridgehead atoms. The molecule has 0 aromatic rings. The summed E-state index contributed by atoms with van der Waals surface area (Å²) in [4.78, 5) is 13.0. The molecule has 0 aliphatic carbocycles. The Balaban J connectivity index is 4.57. The van der Waals surface area contributed by atoms with Crippen LogP contribution in [0.15, 0.2) is 24.8 Å². The van der Waals surface area contributed by atoms with Crippen molar-refractivity contribution in [3.63, 3.8) is 0 Å². The van der Waals surface area contributed by atoms with Crippen LogP contribution in [0.2, 0.25) is 0 Å². The standard InChI is InChI=1S/C10H18N2O/c1-5-9(8(4)10(11)13)12(6-2)7-3/h5,9H,1,4,6-7H2,2-3H3,(H2,11,13). The van der Waals surface area contributed by atoms with E-state index in [0.29, 0.717) is 5.57 Å². The summed E-state index contributed by atoms with van der Waals surface area (Å²) in [6.07, 6.45) is 1.69. The maximum Gasteiger partial charge on any atom is 0.245 e. The molecule has 0 fully saturated rings. The van der Waals surface area contributed by atoms with E-state index >= 15 is 0 Å². The first-order chi connectivity index (χ1) is 6.08. The smallest absolute Gasteiger partial charge is 0.245 e. The Kier molecular flexibility index (Phi) is 5.07. The normalized spacial score (nSPS) is 12.5. The van der Waals surface area contributed by atoms with Crippen molar-refractivity contribution in [2.45, 2.75) is 19.9 Å². The summed E-state index contributed by atoms with van der Waals surface area (Å²) in [6, 6.07) is -0.132. The molecule has 0 heterocycles. The van der Waals surface area contributed by atoms with Crippen LogP contribution in [0.4, 0.5) is 0 Å². The van der Waals surface area contributed by atoms with Gasteiger partial charge in [0.25, 0.3) is 0 Å². The van der Waals surface area contributed by atoms with Crippen LogP contribution in [-0.4, -0.2) is 29.9 Å². The molecule has 74 valence electrons. The molecule has 0 saturated carbocycles. The van der Waals surface area contributed by atoms with Crippen molar-refractivity contribution in [1.82, 2.24) is 4.90 Å². The lowest BCUT2D eigenvalue weighted by Gasteiger charge is -2.27. The monoisotopic (exact) mass is 182 g/mol. The number of nitrogens with zero attached hydrogens (tertiary/aromatic N) is 1. The highest BCUT2D eigenvalue weighted by Crippen LogP contribution is 2.09. The molecule has 0 radical (unpaired) electrons. The van der Waals surface area contributed by atoms with E-state index < -0.39 is 5.91 Å². The van der Waals surface area contributed by atoms with Gasteiger partial charge >= 0.3 is 0 Å². The molecule has 0 aliphatic rings. The highest BCUT2D eigenvalue weighted by Gasteiger charge is 2.18. The third-order valence-electron chi connectivity index (χ3n) is 2.10. The zero-order chi connectivity index (χ0) is 10.4. The molecule has 0 spiro atoms. The van der Waals surface area contributed by atoms with E-state index in [0.717, 1.165) is 13.1 Å². The zero-order valence-electron chi connectivity index (χ0n) is 8.42. The summed E-state index contributed by atoms with van der Waals surface area (Å²) in [7, 11) is 0. The van der Waals surface area contributed by atoms with Crippen molar-refractivity contribution in [1.29, 1.82) is 0 Å². The Morgan fingerprint density at radius 1 is 1.54 bits per heavy atom. The zero-order valence-corrected chi connectivity index (χ0v) is 8.42. The molecule has 3 nitrogen and oxygen atoms in total. The third-order valence-corrected chi connectivity index (χ3v) is 2.10. The van der Waals surface area contributed by atoms with Crippen molar-refractivity contribution in [3.05, 3.63) is 24.8 Å². The Bertz CT molecular complexity index is 207. The van der Waals surface area contributed by atoms with Crippen LogP contribution in [-0.2, 0) is 4.79 Å². The first kappa shape index (κ1) is 11.9. The highest BCUT2D eigenvalue weighted by molar-refractivity contribution is 5.92. The molecule has 13 heavy (non-hydrogen) atoms. The fraction of sp³-hybridized carbons (Fsp3) is 0.500. The summed E-state index contributed by atoms with van der Waals surface area (Å²) in [5.41, 5.74) is 5.55. The lowest BCUT2D eigenvalue weighted by Crippen LogP contribution is -2.38. The lowest BCUT2D eigenvalue weighted by atomic mass is 10.1. The Morgan fingerprint density at radius 2 is 2.00 bits per heavy atom. The lowest BCUT2D eigenvalue weighted by molar-refractivity contribution is -0.115. The number of amides is 1. The number of hydrogen-bond donors (Lipinski definition) is 1. The Labute approximate surface area is 79.9 Å². The molecule has 1 atom stereocenters. The van der Waals surface area contributed by atoms with Crippen LogP contribution >= 0.6 is 0 Å². The summed E-state index contributed by atoms with van der Waals surface area (Å²) < 4.78 is 0. The highest BCUT2D eigenvalue weighted by atomic mass is 16.1. The molecule has 0 rings (SSSR count).